The summed E-state index contributed by atoms with van der Waals surface area (Å²) in [5.74, 6) is 0. The normalized spacial score (nSPS) is 10.7. The highest BCUT2D eigenvalue weighted by Gasteiger charge is 2.09. The van der Waals surface area contributed by atoms with Crippen molar-refractivity contribution in [3.8, 4) is 21.1 Å². The van der Waals surface area contributed by atoms with Gasteiger partial charge in [-0.1, -0.05) is 31.2 Å². The monoisotopic (exact) mass is 301 g/mol. The molecule has 0 saturated heterocycles. The molecular weight excluding hydrogens is 286 g/mol. The summed E-state index contributed by atoms with van der Waals surface area (Å²) in [4.78, 5) is 10.1. The molecule has 0 saturated carbocycles. The minimum absolute atomic E-state index is 0.933. The molecule has 0 atom stereocenters. The van der Waals surface area contributed by atoms with Crippen molar-refractivity contribution < 1.29 is 0 Å². The number of thiazole rings is 2. The van der Waals surface area contributed by atoms with Crippen LogP contribution in [0.15, 0.2) is 35.8 Å². The number of nitrogens with zero attached hydrogens (tertiary/aromatic N) is 2. The van der Waals surface area contributed by atoms with Crippen LogP contribution in [0.1, 0.15) is 12.5 Å². The summed E-state index contributed by atoms with van der Waals surface area (Å²) in [6.45, 7) is 2.16. The van der Waals surface area contributed by atoms with Gasteiger partial charge in [0.25, 0.3) is 0 Å². The SMILES string of the molecule is CCc1ccc(-c2ncc(-c3csc(NC)n3)s2)cc1. The van der Waals surface area contributed by atoms with Crippen LogP contribution in [0.5, 0.6) is 0 Å². The number of nitrogens with one attached hydrogen (secondary N) is 1. The van der Waals surface area contributed by atoms with Gasteiger partial charge < -0.3 is 5.32 Å². The summed E-state index contributed by atoms with van der Waals surface area (Å²) in [5.41, 5.74) is 3.51. The number of aryl methyl sites for hydroxylation is 1. The van der Waals surface area contributed by atoms with Crippen LogP contribution in [0.3, 0.4) is 0 Å². The number of rotatable bonds is 4. The Morgan fingerprint density at radius 1 is 1.20 bits per heavy atom. The van der Waals surface area contributed by atoms with Gasteiger partial charge in [0, 0.05) is 24.2 Å². The fourth-order valence-electron chi connectivity index (χ4n) is 1.91. The second-order valence-electron chi connectivity index (χ2n) is 4.37. The van der Waals surface area contributed by atoms with Crippen molar-refractivity contribution in [1.29, 1.82) is 0 Å². The Morgan fingerprint density at radius 2 is 2.00 bits per heavy atom. The van der Waals surface area contributed by atoms with Gasteiger partial charge in [-0.25, -0.2) is 9.97 Å². The maximum atomic E-state index is 4.52. The van der Waals surface area contributed by atoms with Crippen molar-refractivity contribution in [3.63, 3.8) is 0 Å². The second-order valence-corrected chi connectivity index (χ2v) is 6.26. The molecule has 3 nitrogen and oxygen atoms in total. The Balaban J connectivity index is 1.88. The number of hydrogen-bond donors (Lipinski definition) is 1. The van der Waals surface area contributed by atoms with E-state index in [0.717, 1.165) is 27.1 Å². The second kappa shape index (κ2) is 5.73. The molecule has 0 amide bonds. The van der Waals surface area contributed by atoms with E-state index in [1.165, 1.54) is 11.1 Å². The molecule has 102 valence electrons. The third-order valence-corrected chi connectivity index (χ3v) is 5.01. The Labute approximate surface area is 126 Å². The molecule has 0 aliphatic carbocycles. The molecule has 0 aliphatic rings. The first-order valence-corrected chi connectivity index (χ1v) is 8.18. The van der Waals surface area contributed by atoms with Gasteiger partial charge in [-0.05, 0) is 12.0 Å². The highest BCUT2D eigenvalue weighted by Crippen LogP contribution is 2.33. The van der Waals surface area contributed by atoms with E-state index in [-0.39, 0.29) is 0 Å². The van der Waals surface area contributed by atoms with Crippen molar-refractivity contribution in [2.75, 3.05) is 12.4 Å². The maximum absolute atomic E-state index is 4.52. The van der Waals surface area contributed by atoms with Crippen molar-refractivity contribution in [2.45, 2.75) is 13.3 Å². The average molecular weight is 301 g/mol. The molecular formula is C15H15N3S2. The molecule has 1 N–H and O–H groups in total. The topological polar surface area (TPSA) is 37.8 Å². The lowest BCUT2D eigenvalue weighted by molar-refractivity contribution is 1.14. The van der Waals surface area contributed by atoms with Gasteiger partial charge in [-0.2, -0.15) is 0 Å². The molecule has 1 aromatic carbocycles. The van der Waals surface area contributed by atoms with Crippen LogP contribution in [0.4, 0.5) is 5.13 Å². The van der Waals surface area contributed by atoms with E-state index in [1.807, 2.05) is 13.2 Å². The summed E-state index contributed by atoms with van der Waals surface area (Å²) in [6.07, 6.45) is 2.97. The lowest BCUT2D eigenvalue weighted by atomic mass is 10.1. The average Bonchev–Trinajstić information content (AvgIpc) is 3.16. The predicted octanol–water partition coefficient (Wildman–Crippen LogP) is 4.54. The minimum Gasteiger partial charge on any atom is -0.365 e. The third-order valence-electron chi connectivity index (χ3n) is 3.09. The zero-order valence-corrected chi connectivity index (χ0v) is 13.0. The van der Waals surface area contributed by atoms with Gasteiger partial charge in [-0.15, -0.1) is 22.7 Å². The largest absolute Gasteiger partial charge is 0.365 e. The predicted molar refractivity (Wildman–Crippen MR) is 87.6 cm³/mol. The van der Waals surface area contributed by atoms with E-state index in [2.05, 4.69) is 51.9 Å². The molecule has 2 heterocycles. The lowest BCUT2D eigenvalue weighted by Gasteiger charge is -1.98. The van der Waals surface area contributed by atoms with Gasteiger partial charge in [0.15, 0.2) is 5.13 Å². The molecule has 20 heavy (non-hydrogen) atoms. The smallest absolute Gasteiger partial charge is 0.182 e. The van der Waals surface area contributed by atoms with E-state index < -0.39 is 0 Å². The molecule has 0 spiro atoms. The van der Waals surface area contributed by atoms with Crippen molar-refractivity contribution in [2.24, 2.45) is 0 Å². The van der Waals surface area contributed by atoms with Crippen molar-refractivity contribution in [3.05, 3.63) is 41.4 Å². The van der Waals surface area contributed by atoms with E-state index in [4.69, 9.17) is 0 Å². The Morgan fingerprint density at radius 3 is 2.65 bits per heavy atom. The summed E-state index contributed by atoms with van der Waals surface area (Å²) < 4.78 is 0. The van der Waals surface area contributed by atoms with E-state index >= 15 is 0 Å². The Kier molecular flexibility index (Phi) is 3.80. The van der Waals surface area contributed by atoms with Gasteiger partial charge in [0.05, 0.1) is 10.6 Å². The zero-order chi connectivity index (χ0) is 13.9. The number of hydrogen-bond acceptors (Lipinski definition) is 5. The molecule has 3 rings (SSSR count). The summed E-state index contributed by atoms with van der Waals surface area (Å²) in [7, 11) is 1.88. The highest BCUT2D eigenvalue weighted by atomic mass is 32.1. The van der Waals surface area contributed by atoms with Crippen LogP contribution in [0, 0.1) is 0 Å². The van der Waals surface area contributed by atoms with E-state index in [1.54, 1.807) is 22.7 Å². The molecule has 0 bridgehead atoms. The van der Waals surface area contributed by atoms with E-state index in [9.17, 15) is 0 Å². The Bertz CT molecular complexity index is 698. The van der Waals surface area contributed by atoms with Gasteiger partial charge in [0.1, 0.15) is 5.01 Å². The number of aromatic nitrogens is 2. The van der Waals surface area contributed by atoms with Crippen molar-refractivity contribution in [1.82, 2.24) is 9.97 Å². The van der Waals surface area contributed by atoms with Gasteiger partial charge in [0.2, 0.25) is 0 Å². The van der Waals surface area contributed by atoms with Crippen LogP contribution in [-0.4, -0.2) is 17.0 Å². The van der Waals surface area contributed by atoms with Gasteiger partial charge >= 0.3 is 0 Å². The van der Waals surface area contributed by atoms with Crippen molar-refractivity contribution >= 4 is 27.8 Å². The zero-order valence-electron chi connectivity index (χ0n) is 11.4. The fraction of sp³-hybridized carbons (Fsp3) is 0.200. The molecule has 2 aromatic heterocycles. The van der Waals surface area contributed by atoms with E-state index in [0.29, 0.717) is 0 Å². The van der Waals surface area contributed by atoms with Crippen LogP contribution < -0.4 is 5.32 Å². The number of anilines is 1. The lowest BCUT2D eigenvalue weighted by Crippen LogP contribution is -1.84. The van der Waals surface area contributed by atoms with Crippen LogP contribution in [0.2, 0.25) is 0 Å². The summed E-state index contributed by atoms with van der Waals surface area (Å²) in [5, 5.41) is 7.09. The standard InChI is InChI=1S/C15H15N3S2/c1-3-10-4-6-11(7-5-10)14-17-8-13(20-14)12-9-19-15(16-2)18-12/h4-9H,3H2,1-2H3,(H,16,18). The Hall–Kier alpha value is -1.72. The molecule has 0 unspecified atom stereocenters. The first kappa shape index (κ1) is 13.3. The van der Waals surface area contributed by atoms with Crippen LogP contribution >= 0.6 is 22.7 Å². The maximum Gasteiger partial charge on any atom is 0.182 e. The van der Waals surface area contributed by atoms with Crippen LogP contribution in [0.25, 0.3) is 21.1 Å². The first-order valence-electron chi connectivity index (χ1n) is 6.49. The molecule has 0 radical (unpaired) electrons. The van der Waals surface area contributed by atoms with Crippen LogP contribution in [-0.2, 0) is 6.42 Å². The quantitative estimate of drug-likeness (QED) is 0.769. The third kappa shape index (κ3) is 2.59. The first-order chi connectivity index (χ1) is 9.80. The molecule has 3 aromatic rings. The number of benzene rings is 1. The summed E-state index contributed by atoms with van der Waals surface area (Å²) >= 11 is 3.29. The minimum atomic E-state index is 0.933. The highest BCUT2D eigenvalue weighted by molar-refractivity contribution is 7.19. The molecule has 0 aliphatic heterocycles. The molecule has 5 heteroatoms. The van der Waals surface area contributed by atoms with Gasteiger partial charge in [-0.3, -0.25) is 0 Å². The summed E-state index contributed by atoms with van der Waals surface area (Å²) in [6, 6.07) is 8.61. The molecule has 0 fully saturated rings. The fourth-order valence-corrected chi connectivity index (χ4v) is 3.54.